The fourth-order valence-corrected chi connectivity index (χ4v) is 1.17. The van der Waals surface area contributed by atoms with Crippen LogP contribution in [0.5, 0.6) is 0 Å². The zero-order valence-corrected chi connectivity index (χ0v) is 8.70. The molecule has 0 unspecified atom stereocenters. The number of alkyl halides is 3. The summed E-state index contributed by atoms with van der Waals surface area (Å²) in [4.78, 5) is 0. The van der Waals surface area contributed by atoms with E-state index in [4.69, 9.17) is 0 Å². The third-order valence-electron chi connectivity index (χ3n) is 1.91. The molecule has 0 aliphatic heterocycles. The summed E-state index contributed by atoms with van der Waals surface area (Å²) in [5.41, 5.74) is 0. The smallest absolute Gasteiger partial charge is 0.372 e. The first kappa shape index (κ1) is 13.8. The van der Waals surface area contributed by atoms with E-state index in [0.717, 1.165) is 19.3 Å². The van der Waals surface area contributed by atoms with E-state index < -0.39 is 12.8 Å². The van der Waals surface area contributed by atoms with E-state index in [-0.39, 0.29) is 6.61 Å². The molecule has 0 aliphatic rings. The van der Waals surface area contributed by atoms with Crippen molar-refractivity contribution in [3.8, 4) is 0 Å². The largest absolute Gasteiger partial charge is 0.411 e. The van der Waals surface area contributed by atoms with Crippen LogP contribution < -0.4 is 0 Å². The zero-order valence-electron chi connectivity index (χ0n) is 8.70. The maximum atomic E-state index is 11.6. The maximum absolute atomic E-state index is 11.6. The predicted octanol–water partition coefficient (Wildman–Crippen LogP) is 3.93. The van der Waals surface area contributed by atoms with Crippen LogP contribution >= 0.6 is 0 Å². The van der Waals surface area contributed by atoms with Crippen LogP contribution in [0.15, 0.2) is 0 Å². The van der Waals surface area contributed by atoms with E-state index in [1.165, 1.54) is 19.3 Å². The second-order valence-electron chi connectivity index (χ2n) is 3.44. The second-order valence-corrected chi connectivity index (χ2v) is 3.44. The average Bonchev–Trinajstić information content (AvgIpc) is 2.08. The van der Waals surface area contributed by atoms with Crippen molar-refractivity contribution in [1.82, 2.24) is 0 Å². The van der Waals surface area contributed by atoms with Gasteiger partial charge in [0.2, 0.25) is 0 Å². The lowest BCUT2D eigenvalue weighted by atomic mass is 10.1. The molecule has 0 spiro atoms. The quantitative estimate of drug-likeness (QED) is 0.554. The van der Waals surface area contributed by atoms with Crippen molar-refractivity contribution in [1.29, 1.82) is 0 Å². The first-order valence-corrected chi connectivity index (χ1v) is 5.20. The SMILES string of the molecule is CCCCCCCCOCC(F)(F)F. The lowest BCUT2D eigenvalue weighted by Crippen LogP contribution is -2.17. The normalized spacial score (nSPS) is 12.0. The highest BCUT2D eigenvalue weighted by atomic mass is 19.4. The Bertz CT molecular complexity index is 123. The summed E-state index contributed by atoms with van der Waals surface area (Å²) in [6.07, 6.45) is 2.20. The van der Waals surface area contributed by atoms with E-state index >= 15 is 0 Å². The van der Waals surface area contributed by atoms with E-state index in [9.17, 15) is 13.2 Å². The topological polar surface area (TPSA) is 9.23 Å². The molecule has 4 heteroatoms. The number of unbranched alkanes of at least 4 members (excludes halogenated alkanes) is 5. The molecule has 0 bridgehead atoms. The molecule has 0 fully saturated rings. The fourth-order valence-electron chi connectivity index (χ4n) is 1.17. The van der Waals surface area contributed by atoms with E-state index in [1.807, 2.05) is 0 Å². The van der Waals surface area contributed by atoms with Crippen molar-refractivity contribution in [2.24, 2.45) is 0 Å². The molecule has 0 amide bonds. The van der Waals surface area contributed by atoms with Gasteiger partial charge in [-0.25, -0.2) is 0 Å². The highest BCUT2D eigenvalue weighted by molar-refractivity contribution is 4.47. The molecular formula is C10H19F3O. The number of hydrogen-bond donors (Lipinski definition) is 0. The lowest BCUT2D eigenvalue weighted by molar-refractivity contribution is -0.174. The summed E-state index contributed by atoms with van der Waals surface area (Å²) in [5, 5.41) is 0. The van der Waals surface area contributed by atoms with Crippen LogP contribution in [0, 0.1) is 0 Å². The number of ether oxygens (including phenoxy) is 1. The molecule has 0 radical (unpaired) electrons. The minimum absolute atomic E-state index is 0.228. The highest BCUT2D eigenvalue weighted by Crippen LogP contribution is 2.14. The van der Waals surface area contributed by atoms with Gasteiger partial charge in [0.25, 0.3) is 0 Å². The highest BCUT2D eigenvalue weighted by Gasteiger charge is 2.26. The van der Waals surface area contributed by atoms with Gasteiger partial charge in [0.1, 0.15) is 6.61 Å². The molecule has 0 aliphatic carbocycles. The van der Waals surface area contributed by atoms with Crippen molar-refractivity contribution >= 4 is 0 Å². The Morgan fingerprint density at radius 1 is 0.929 bits per heavy atom. The lowest BCUT2D eigenvalue weighted by Gasteiger charge is -2.07. The van der Waals surface area contributed by atoms with E-state index in [1.54, 1.807) is 0 Å². The van der Waals surface area contributed by atoms with Gasteiger partial charge in [0.05, 0.1) is 0 Å². The predicted molar refractivity (Wildman–Crippen MR) is 50.3 cm³/mol. The summed E-state index contributed by atoms with van der Waals surface area (Å²) in [6.45, 7) is 1.25. The number of hydrogen-bond acceptors (Lipinski definition) is 1. The standard InChI is InChI=1S/C10H19F3O/c1-2-3-4-5-6-7-8-14-9-10(11,12)13/h2-9H2,1H3. The van der Waals surface area contributed by atoms with Crippen molar-refractivity contribution < 1.29 is 17.9 Å². The molecule has 0 N–H and O–H groups in total. The summed E-state index contributed by atoms with van der Waals surface area (Å²) >= 11 is 0. The summed E-state index contributed by atoms with van der Waals surface area (Å²) < 4.78 is 39.3. The molecule has 0 aromatic heterocycles. The molecule has 86 valence electrons. The molecule has 0 saturated carbocycles. The first-order valence-electron chi connectivity index (χ1n) is 5.20. The molecule has 0 aromatic rings. The van der Waals surface area contributed by atoms with Gasteiger partial charge in [0.15, 0.2) is 0 Å². The minimum Gasteiger partial charge on any atom is -0.372 e. The molecule has 0 heterocycles. The van der Waals surface area contributed by atoms with Gasteiger partial charge in [-0.2, -0.15) is 13.2 Å². The van der Waals surface area contributed by atoms with Gasteiger partial charge >= 0.3 is 6.18 Å². The van der Waals surface area contributed by atoms with Crippen LogP contribution in [0.3, 0.4) is 0 Å². The third kappa shape index (κ3) is 11.8. The van der Waals surface area contributed by atoms with Crippen LogP contribution in [-0.4, -0.2) is 19.4 Å². The number of rotatable bonds is 8. The molecule has 0 saturated heterocycles. The summed E-state index contributed by atoms with van der Waals surface area (Å²) in [7, 11) is 0. The summed E-state index contributed by atoms with van der Waals surface area (Å²) in [5.74, 6) is 0. The first-order chi connectivity index (χ1) is 6.56. The minimum atomic E-state index is -4.18. The molecule has 0 aromatic carbocycles. The zero-order chi connectivity index (χ0) is 10.9. The molecular weight excluding hydrogens is 193 g/mol. The molecule has 0 rings (SSSR count). The monoisotopic (exact) mass is 212 g/mol. The Morgan fingerprint density at radius 2 is 1.50 bits per heavy atom. The molecule has 1 nitrogen and oxygen atoms in total. The van der Waals surface area contributed by atoms with Gasteiger partial charge in [0, 0.05) is 6.61 Å². The van der Waals surface area contributed by atoms with Crippen LogP contribution in [-0.2, 0) is 4.74 Å². The Morgan fingerprint density at radius 3 is 2.07 bits per heavy atom. The van der Waals surface area contributed by atoms with Gasteiger partial charge in [-0.15, -0.1) is 0 Å². The van der Waals surface area contributed by atoms with Crippen LogP contribution in [0.1, 0.15) is 45.4 Å². The maximum Gasteiger partial charge on any atom is 0.411 e. The van der Waals surface area contributed by atoms with Gasteiger partial charge in [-0.05, 0) is 6.42 Å². The van der Waals surface area contributed by atoms with Crippen molar-refractivity contribution in [2.75, 3.05) is 13.2 Å². The number of halogens is 3. The van der Waals surface area contributed by atoms with Crippen LogP contribution in [0.25, 0.3) is 0 Å². The van der Waals surface area contributed by atoms with Crippen molar-refractivity contribution in [2.45, 2.75) is 51.6 Å². The van der Waals surface area contributed by atoms with E-state index in [2.05, 4.69) is 11.7 Å². The van der Waals surface area contributed by atoms with Gasteiger partial charge < -0.3 is 4.74 Å². The van der Waals surface area contributed by atoms with Crippen LogP contribution in [0.4, 0.5) is 13.2 Å². The van der Waals surface area contributed by atoms with E-state index in [0.29, 0.717) is 0 Å². The Labute approximate surface area is 83.6 Å². The second kappa shape index (κ2) is 8.09. The Hall–Kier alpha value is -0.250. The van der Waals surface area contributed by atoms with Crippen molar-refractivity contribution in [3.63, 3.8) is 0 Å². The molecule has 0 atom stereocenters. The summed E-state index contributed by atoms with van der Waals surface area (Å²) in [6, 6.07) is 0. The average molecular weight is 212 g/mol. The Balaban J connectivity index is 2.99. The fraction of sp³-hybridized carbons (Fsp3) is 1.00. The van der Waals surface area contributed by atoms with Crippen molar-refractivity contribution in [3.05, 3.63) is 0 Å². The van der Waals surface area contributed by atoms with Crippen LogP contribution in [0.2, 0.25) is 0 Å². The Kier molecular flexibility index (Phi) is 7.95. The van der Waals surface area contributed by atoms with Gasteiger partial charge in [-0.3, -0.25) is 0 Å². The molecule has 14 heavy (non-hydrogen) atoms. The third-order valence-corrected chi connectivity index (χ3v) is 1.91. The van der Waals surface area contributed by atoms with Gasteiger partial charge in [-0.1, -0.05) is 39.0 Å².